The summed E-state index contributed by atoms with van der Waals surface area (Å²) in [6.07, 6.45) is 0. The van der Waals surface area contributed by atoms with Crippen LogP contribution in [0.2, 0.25) is 5.02 Å². The topological polar surface area (TPSA) is 56.1 Å². The van der Waals surface area contributed by atoms with E-state index in [0.717, 1.165) is 17.0 Å². The van der Waals surface area contributed by atoms with Crippen LogP contribution < -0.4 is 10.2 Å². The summed E-state index contributed by atoms with van der Waals surface area (Å²) in [6, 6.07) is 14.9. The second kappa shape index (κ2) is 8.62. The third kappa shape index (κ3) is 5.19. The molecule has 0 heterocycles. The molecular formula is C18H18ClN3OS. The minimum atomic E-state index is -0.0673. The molecule has 0 unspecified atom stereocenters. The van der Waals surface area contributed by atoms with Crippen molar-refractivity contribution in [2.75, 3.05) is 30.1 Å². The molecule has 124 valence electrons. The van der Waals surface area contributed by atoms with E-state index in [4.69, 9.17) is 16.9 Å². The lowest BCUT2D eigenvalue weighted by molar-refractivity contribution is -0.113. The van der Waals surface area contributed by atoms with Crippen LogP contribution in [0.5, 0.6) is 0 Å². The van der Waals surface area contributed by atoms with Gasteiger partial charge in [-0.15, -0.1) is 11.8 Å². The van der Waals surface area contributed by atoms with E-state index in [9.17, 15) is 4.79 Å². The summed E-state index contributed by atoms with van der Waals surface area (Å²) in [4.78, 5) is 13.9. The largest absolute Gasteiger partial charge is 0.376 e. The second-order valence-electron chi connectivity index (χ2n) is 5.41. The molecular weight excluding hydrogens is 342 g/mol. The third-order valence-electron chi connectivity index (χ3n) is 3.30. The molecule has 0 bridgehead atoms. The summed E-state index contributed by atoms with van der Waals surface area (Å²) in [5.41, 5.74) is 3.32. The van der Waals surface area contributed by atoms with Gasteiger partial charge in [0.2, 0.25) is 5.91 Å². The highest BCUT2D eigenvalue weighted by atomic mass is 35.5. The summed E-state index contributed by atoms with van der Waals surface area (Å²) >= 11 is 7.72. The van der Waals surface area contributed by atoms with Gasteiger partial charge in [0.25, 0.3) is 0 Å². The van der Waals surface area contributed by atoms with Gasteiger partial charge in [-0.2, -0.15) is 5.26 Å². The van der Waals surface area contributed by atoms with E-state index in [-0.39, 0.29) is 5.91 Å². The number of carbonyl (C=O) groups is 1. The molecule has 2 aromatic rings. The zero-order valence-electron chi connectivity index (χ0n) is 13.5. The van der Waals surface area contributed by atoms with Gasteiger partial charge in [0.1, 0.15) is 0 Å². The predicted molar refractivity (Wildman–Crippen MR) is 102 cm³/mol. The quantitative estimate of drug-likeness (QED) is 0.841. The number of hydrogen-bond donors (Lipinski definition) is 1. The Morgan fingerprint density at radius 1 is 1.25 bits per heavy atom. The number of nitriles is 1. The monoisotopic (exact) mass is 359 g/mol. The lowest BCUT2D eigenvalue weighted by atomic mass is 10.2. The Labute approximate surface area is 151 Å². The van der Waals surface area contributed by atoms with Gasteiger partial charge in [-0.05, 0) is 35.9 Å². The molecule has 1 N–H and O–H groups in total. The number of rotatable bonds is 6. The first-order chi connectivity index (χ1) is 11.5. The van der Waals surface area contributed by atoms with Crippen LogP contribution >= 0.6 is 23.4 Å². The van der Waals surface area contributed by atoms with Gasteiger partial charge in [0, 0.05) is 25.5 Å². The molecule has 0 aliphatic carbocycles. The highest BCUT2D eigenvalue weighted by molar-refractivity contribution is 7.99. The normalized spacial score (nSPS) is 10.1. The SMILES string of the molecule is CN(C)c1ccc(NC(=O)CSCc2ccc(C#N)cc2)cc1Cl. The lowest BCUT2D eigenvalue weighted by Gasteiger charge is -2.15. The first-order valence-electron chi connectivity index (χ1n) is 7.33. The molecule has 0 radical (unpaired) electrons. The highest BCUT2D eigenvalue weighted by Gasteiger charge is 2.07. The number of hydrogen-bond acceptors (Lipinski definition) is 4. The van der Waals surface area contributed by atoms with Crippen LogP contribution in [0.4, 0.5) is 11.4 Å². The molecule has 0 atom stereocenters. The zero-order chi connectivity index (χ0) is 17.5. The van der Waals surface area contributed by atoms with Crippen molar-refractivity contribution >= 4 is 40.6 Å². The van der Waals surface area contributed by atoms with E-state index < -0.39 is 0 Å². The van der Waals surface area contributed by atoms with E-state index >= 15 is 0 Å². The number of thioether (sulfide) groups is 1. The third-order valence-corrected chi connectivity index (χ3v) is 4.60. The fourth-order valence-electron chi connectivity index (χ4n) is 2.08. The Bertz CT molecular complexity index is 754. The summed E-state index contributed by atoms with van der Waals surface area (Å²) in [6.45, 7) is 0. The van der Waals surface area contributed by atoms with E-state index in [2.05, 4.69) is 11.4 Å². The number of halogens is 1. The molecule has 0 aliphatic heterocycles. The Balaban J connectivity index is 1.82. The van der Waals surface area contributed by atoms with Crippen LogP contribution in [0, 0.1) is 11.3 Å². The van der Waals surface area contributed by atoms with E-state index in [0.29, 0.717) is 22.0 Å². The van der Waals surface area contributed by atoms with E-state index in [1.54, 1.807) is 18.2 Å². The lowest BCUT2D eigenvalue weighted by Crippen LogP contribution is -2.15. The minimum absolute atomic E-state index is 0.0673. The molecule has 0 aromatic heterocycles. The van der Waals surface area contributed by atoms with Gasteiger partial charge in [-0.1, -0.05) is 23.7 Å². The summed E-state index contributed by atoms with van der Waals surface area (Å²) in [5.74, 6) is 1.01. The van der Waals surface area contributed by atoms with Crippen molar-refractivity contribution in [3.05, 3.63) is 58.6 Å². The number of anilines is 2. The van der Waals surface area contributed by atoms with Crippen LogP contribution in [0.25, 0.3) is 0 Å². The van der Waals surface area contributed by atoms with Crippen molar-refractivity contribution < 1.29 is 4.79 Å². The maximum absolute atomic E-state index is 12.0. The van der Waals surface area contributed by atoms with Crippen molar-refractivity contribution in [3.8, 4) is 6.07 Å². The molecule has 0 aliphatic rings. The molecule has 2 rings (SSSR count). The summed E-state index contributed by atoms with van der Waals surface area (Å²) in [7, 11) is 3.83. The van der Waals surface area contributed by atoms with Crippen molar-refractivity contribution in [3.63, 3.8) is 0 Å². The number of carbonyl (C=O) groups excluding carboxylic acids is 1. The number of amides is 1. The summed E-state index contributed by atoms with van der Waals surface area (Å²) < 4.78 is 0. The fraction of sp³-hybridized carbons (Fsp3) is 0.222. The first kappa shape index (κ1) is 18.2. The second-order valence-corrected chi connectivity index (χ2v) is 6.80. The van der Waals surface area contributed by atoms with Gasteiger partial charge in [-0.3, -0.25) is 4.79 Å². The molecule has 1 amide bonds. The summed E-state index contributed by atoms with van der Waals surface area (Å²) in [5, 5.41) is 12.2. The van der Waals surface area contributed by atoms with Gasteiger partial charge in [-0.25, -0.2) is 0 Å². The van der Waals surface area contributed by atoms with Gasteiger partial charge < -0.3 is 10.2 Å². The maximum atomic E-state index is 12.0. The average molecular weight is 360 g/mol. The van der Waals surface area contributed by atoms with Gasteiger partial charge >= 0.3 is 0 Å². The van der Waals surface area contributed by atoms with Crippen LogP contribution in [-0.2, 0) is 10.5 Å². The zero-order valence-corrected chi connectivity index (χ0v) is 15.1. The Morgan fingerprint density at radius 2 is 1.96 bits per heavy atom. The van der Waals surface area contributed by atoms with E-state index in [1.807, 2.05) is 43.3 Å². The van der Waals surface area contributed by atoms with Crippen LogP contribution in [-0.4, -0.2) is 25.8 Å². The van der Waals surface area contributed by atoms with Crippen molar-refractivity contribution in [1.29, 1.82) is 5.26 Å². The molecule has 0 saturated heterocycles. The highest BCUT2D eigenvalue weighted by Crippen LogP contribution is 2.27. The van der Waals surface area contributed by atoms with E-state index in [1.165, 1.54) is 11.8 Å². The molecule has 0 saturated carbocycles. The van der Waals surface area contributed by atoms with Crippen molar-refractivity contribution in [2.24, 2.45) is 0 Å². The number of benzene rings is 2. The molecule has 0 spiro atoms. The number of nitrogens with zero attached hydrogens (tertiary/aromatic N) is 2. The van der Waals surface area contributed by atoms with Crippen molar-refractivity contribution in [1.82, 2.24) is 0 Å². The Morgan fingerprint density at radius 3 is 2.54 bits per heavy atom. The predicted octanol–water partition coefficient (Wildman–Crippen LogP) is 4.15. The van der Waals surface area contributed by atoms with Gasteiger partial charge in [0.05, 0.1) is 28.1 Å². The minimum Gasteiger partial charge on any atom is -0.376 e. The smallest absolute Gasteiger partial charge is 0.234 e. The number of nitrogens with one attached hydrogen (secondary N) is 1. The Kier molecular flexibility index (Phi) is 6.53. The molecule has 6 heteroatoms. The van der Waals surface area contributed by atoms with Crippen LogP contribution in [0.15, 0.2) is 42.5 Å². The van der Waals surface area contributed by atoms with Crippen molar-refractivity contribution in [2.45, 2.75) is 5.75 Å². The molecule has 0 fully saturated rings. The fourth-order valence-corrected chi connectivity index (χ4v) is 3.22. The molecule has 4 nitrogen and oxygen atoms in total. The van der Waals surface area contributed by atoms with Gasteiger partial charge in [0.15, 0.2) is 0 Å². The van der Waals surface area contributed by atoms with Crippen LogP contribution in [0.1, 0.15) is 11.1 Å². The first-order valence-corrected chi connectivity index (χ1v) is 8.86. The average Bonchev–Trinajstić information content (AvgIpc) is 2.55. The molecule has 2 aromatic carbocycles. The Hall–Kier alpha value is -2.16. The van der Waals surface area contributed by atoms with Crippen LogP contribution in [0.3, 0.4) is 0 Å². The molecule has 24 heavy (non-hydrogen) atoms. The standard InChI is InChI=1S/C18H18ClN3OS/c1-22(2)17-8-7-15(9-16(17)19)21-18(23)12-24-11-14-5-3-13(10-20)4-6-14/h3-9H,11-12H2,1-2H3,(H,21,23). The maximum Gasteiger partial charge on any atom is 0.234 e.